The van der Waals surface area contributed by atoms with Crippen molar-refractivity contribution in [2.45, 2.75) is 58.6 Å². The van der Waals surface area contributed by atoms with E-state index in [2.05, 4.69) is 31.0 Å². The van der Waals surface area contributed by atoms with E-state index >= 15 is 0 Å². The van der Waals surface area contributed by atoms with Gasteiger partial charge in [-0.2, -0.15) is 0 Å². The normalized spacial score (nSPS) is 23.1. The van der Waals surface area contributed by atoms with Gasteiger partial charge >= 0.3 is 0 Å². The van der Waals surface area contributed by atoms with Crippen LogP contribution in [0, 0.1) is 5.92 Å². The Bertz CT molecular complexity index is 256. The third-order valence-corrected chi connectivity index (χ3v) is 3.58. The van der Waals surface area contributed by atoms with E-state index in [1.54, 1.807) is 0 Å². The molecule has 18 heavy (non-hydrogen) atoms. The molecule has 2 atom stereocenters. The van der Waals surface area contributed by atoms with E-state index < -0.39 is 6.10 Å². The van der Waals surface area contributed by atoms with Crippen LogP contribution in [0.4, 0.5) is 0 Å². The van der Waals surface area contributed by atoms with Gasteiger partial charge in [0, 0.05) is 6.54 Å². The molecule has 2 unspecified atom stereocenters. The van der Waals surface area contributed by atoms with Crippen LogP contribution in [0.5, 0.6) is 0 Å². The van der Waals surface area contributed by atoms with Crippen LogP contribution in [-0.4, -0.2) is 47.7 Å². The number of rotatable bonds is 6. The number of aliphatic hydroxyl groups is 1. The number of piperidine rings is 1. The molecule has 1 amide bonds. The zero-order valence-electron chi connectivity index (χ0n) is 12.0. The van der Waals surface area contributed by atoms with Gasteiger partial charge in [0.25, 0.3) is 0 Å². The highest BCUT2D eigenvalue weighted by Crippen LogP contribution is 2.16. The van der Waals surface area contributed by atoms with Crippen LogP contribution in [-0.2, 0) is 4.79 Å². The molecule has 0 aromatic heterocycles. The van der Waals surface area contributed by atoms with Crippen molar-refractivity contribution in [2.24, 2.45) is 5.92 Å². The highest BCUT2D eigenvalue weighted by atomic mass is 16.3. The van der Waals surface area contributed by atoms with Crippen molar-refractivity contribution in [1.82, 2.24) is 10.2 Å². The summed E-state index contributed by atoms with van der Waals surface area (Å²) >= 11 is 0. The molecule has 106 valence electrons. The highest BCUT2D eigenvalue weighted by molar-refractivity contribution is 5.81. The molecule has 1 aliphatic heterocycles. The van der Waals surface area contributed by atoms with E-state index in [1.807, 2.05) is 0 Å². The molecule has 0 bridgehead atoms. The monoisotopic (exact) mass is 256 g/mol. The second-order valence-electron chi connectivity index (χ2n) is 5.67. The van der Waals surface area contributed by atoms with Crippen molar-refractivity contribution in [2.75, 3.05) is 19.6 Å². The smallest absolute Gasteiger partial charge is 0.237 e. The van der Waals surface area contributed by atoms with E-state index in [-0.39, 0.29) is 11.9 Å². The summed E-state index contributed by atoms with van der Waals surface area (Å²) in [4.78, 5) is 14.3. The largest absolute Gasteiger partial charge is 0.391 e. The van der Waals surface area contributed by atoms with Crippen molar-refractivity contribution in [3.63, 3.8) is 0 Å². The van der Waals surface area contributed by atoms with Crippen molar-refractivity contribution in [3.05, 3.63) is 0 Å². The summed E-state index contributed by atoms with van der Waals surface area (Å²) in [6.07, 6.45) is 3.58. The Morgan fingerprint density at radius 2 is 2.17 bits per heavy atom. The molecule has 1 heterocycles. The lowest BCUT2D eigenvalue weighted by Gasteiger charge is -2.33. The number of nitrogens with one attached hydrogen (secondary N) is 1. The van der Waals surface area contributed by atoms with Gasteiger partial charge < -0.3 is 10.4 Å². The number of hydrogen-bond donors (Lipinski definition) is 2. The standard InChI is InChI=1S/C14H28N2O2/c1-4-16-8-6-5-7-13(16)14(18)15-10-12(17)9-11(2)3/h11-13,17H,4-10H2,1-3H3,(H,15,18). The zero-order chi connectivity index (χ0) is 13.5. The molecular formula is C14H28N2O2. The van der Waals surface area contributed by atoms with Crippen LogP contribution < -0.4 is 5.32 Å². The Morgan fingerprint density at radius 3 is 2.78 bits per heavy atom. The summed E-state index contributed by atoms with van der Waals surface area (Å²) in [6, 6.07) is 0.00926. The molecular weight excluding hydrogens is 228 g/mol. The maximum atomic E-state index is 12.1. The molecule has 0 aromatic carbocycles. The second kappa shape index (κ2) is 7.74. The molecule has 1 rings (SSSR count). The lowest BCUT2D eigenvalue weighted by atomic mass is 10.0. The number of likely N-dealkylation sites (N-methyl/N-ethyl adjacent to an activating group) is 1. The lowest BCUT2D eigenvalue weighted by Crippen LogP contribution is -2.50. The number of likely N-dealkylation sites (tertiary alicyclic amines) is 1. The van der Waals surface area contributed by atoms with Crippen LogP contribution >= 0.6 is 0 Å². The third kappa shape index (κ3) is 4.94. The molecule has 1 saturated heterocycles. The van der Waals surface area contributed by atoms with E-state index in [4.69, 9.17) is 0 Å². The van der Waals surface area contributed by atoms with Crippen molar-refractivity contribution >= 4 is 5.91 Å². The van der Waals surface area contributed by atoms with Crippen LogP contribution in [0.15, 0.2) is 0 Å². The fourth-order valence-corrected chi connectivity index (χ4v) is 2.63. The summed E-state index contributed by atoms with van der Waals surface area (Å²) in [5.74, 6) is 0.540. The van der Waals surface area contributed by atoms with Gasteiger partial charge in [0.15, 0.2) is 0 Å². The first kappa shape index (κ1) is 15.4. The SMILES string of the molecule is CCN1CCCCC1C(=O)NCC(O)CC(C)C. The molecule has 0 saturated carbocycles. The number of amides is 1. The average molecular weight is 256 g/mol. The number of aliphatic hydroxyl groups excluding tert-OH is 1. The molecule has 0 radical (unpaired) electrons. The first-order chi connectivity index (χ1) is 8.54. The van der Waals surface area contributed by atoms with Crippen LogP contribution in [0.1, 0.15) is 46.5 Å². The molecule has 0 aromatic rings. The Hall–Kier alpha value is -0.610. The van der Waals surface area contributed by atoms with Crippen LogP contribution in [0.3, 0.4) is 0 Å². The fraction of sp³-hybridized carbons (Fsp3) is 0.929. The van der Waals surface area contributed by atoms with Crippen LogP contribution in [0.25, 0.3) is 0 Å². The van der Waals surface area contributed by atoms with E-state index in [9.17, 15) is 9.90 Å². The molecule has 1 fully saturated rings. The Morgan fingerprint density at radius 1 is 1.44 bits per heavy atom. The van der Waals surface area contributed by atoms with Crippen molar-refractivity contribution < 1.29 is 9.90 Å². The Kier molecular flexibility index (Phi) is 6.65. The van der Waals surface area contributed by atoms with Gasteiger partial charge in [-0.3, -0.25) is 9.69 Å². The summed E-state index contributed by atoms with van der Waals surface area (Å²) in [7, 11) is 0. The lowest BCUT2D eigenvalue weighted by molar-refractivity contribution is -0.128. The van der Waals surface area contributed by atoms with Crippen molar-refractivity contribution in [3.8, 4) is 0 Å². The summed E-state index contributed by atoms with van der Waals surface area (Å²) in [6.45, 7) is 8.57. The first-order valence-corrected chi connectivity index (χ1v) is 7.24. The van der Waals surface area contributed by atoms with E-state index in [0.717, 1.165) is 32.4 Å². The van der Waals surface area contributed by atoms with Gasteiger partial charge in [0.1, 0.15) is 0 Å². The maximum absolute atomic E-state index is 12.1. The average Bonchev–Trinajstić information content (AvgIpc) is 2.35. The minimum absolute atomic E-state index is 0.00926. The first-order valence-electron chi connectivity index (χ1n) is 7.24. The van der Waals surface area contributed by atoms with Gasteiger partial charge in [0.2, 0.25) is 5.91 Å². The molecule has 0 aliphatic carbocycles. The fourth-order valence-electron chi connectivity index (χ4n) is 2.63. The van der Waals surface area contributed by atoms with Gasteiger partial charge in [0.05, 0.1) is 12.1 Å². The Labute approximate surface area is 111 Å². The number of nitrogens with zero attached hydrogens (tertiary/aromatic N) is 1. The summed E-state index contributed by atoms with van der Waals surface area (Å²) < 4.78 is 0. The second-order valence-corrected chi connectivity index (χ2v) is 5.67. The third-order valence-electron chi connectivity index (χ3n) is 3.58. The minimum atomic E-state index is -0.424. The number of hydrogen-bond acceptors (Lipinski definition) is 3. The number of carbonyl (C=O) groups is 1. The van der Waals surface area contributed by atoms with E-state index in [0.29, 0.717) is 12.5 Å². The summed E-state index contributed by atoms with van der Waals surface area (Å²) in [5.41, 5.74) is 0. The van der Waals surface area contributed by atoms with Gasteiger partial charge in [-0.15, -0.1) is 0 Å². The molecule has 1 aliphatic rings. The maximum Gasteiger partial charge on any atom is 0.237 e. The van der Waals surface area contributed by atoms with Gasteiger partial charge in [-0.25, -0.2) is 0 Å². The number of carbonyl (C=O) groups excluding carboxylic acids is 1. The van der Waals surface area contributed by atoms with Crippen molar-refractivity contribution in [1.29, 1.82) is 0 Å². The highest BCUT2D eigenvalue weighted by Gasteiger charge is 2.27. The minimum Gasteiger partial charge on any atom is -0.391 e. The van der Waals surface area contributed by atoms with E-state index in [1.165, 1.54) is 6.42 Å². The topological polar surface area (TPSA) is 52.6 Å². The zero-order valence-corrected chi connectivity index (χ0v) is 12.0. The molecule has 0 spiro atoms. The predicted molar refractivity (Wildman–Crippen MR) is 73.4 cm³/mol. The molecule has 4 nitrogen and oxygen atoms in total. The quantitative estimate of drug-likeness (QED) is 0.755. The molecule has 2 N–H and O–H groups in total. The Balaban J connectivity index is 2.34. The molecule has 4 heteroatoms. The summed E-state index contributed by atoms with van der Waals surface area (Å²) in [5, 5.41) is 12.7. The van der Waals surface area contributed by atoms with Gasteiger partial charge in [-0.05, 0) is 38.3 Å². The predicted octanol–water partition coefficient (Wildman–Crippen LogP) is 1.38. The van der Waals surface area contributed by atoms with Crippen LogP contribution in [0.2, 0.25) is 0 Å². The van der Waals surface area contributed by atoms with Gasteiger partial charge in [-0.1, -0.05) is 27.2 Å².